The fourth-order valence-corrected chi connectivity index (χ4v) is 1.60. The standard InChI is InChI=1S/C13H12N4OS/c14-13(19)17-11-5-3-10(4-6-11)16-12(18)9-2-1-7-15-8-9/h1-8H,(H,16,18)(H3,14,17,19). The minimum absolute atomic E-state index is 0.201. The SMILES string of the molecule is NC(=S)Nc1ccc(NC(=O)c2cccnc2)cc1. The predicted octanol–water partition coefficient (Wildman–Crippen LogP) is 1.99. The van der Waals surface area contributed by atoms with Gasteiger partial charge in [0.05, 0.1) is 5.56 Å². The first-order valence-corrected chi connectivity index (χ1v) is 5.94. The van der Waals surface area contributed by atoms with Crippen molar-refractivity contribution in [2.75, 3.05) is 10.6 Å². The van der Waals surface area contributed by atoms with Gasteiger partial charge < -0.3 is 16.4 Å². The van der Waals surface area contributed by atoms with Gasteiger partial charge in [-0.3, -0.25) is 9.78 Å². The van der Waals surface area contributed by atoms with Crippen molar-refractivity contribution in [3.05, 3.63) is 54.4 Å². The van der Waals surface area contributed by atoms with Gasteiger partial charge >= 0.3 is 0 Å². The highest BCUT2D eigenvalue weighted by atomic mass is 32.1. The zero-order chi connectivity index (χ0) is 13.7. The summed E-state index contributed by atoms with van der Waals surface area (Å²) in [6.07, 6.45) is 3.13. The second kappa shape index (κ2) is 5.92. The number of nitrogens with two attached hydrogens (primary N) is 1. The Bertz CT molecular complexity index is 583. The van der Waals surface area contributed by atoms with Crippen LogP contribution in [0.25, 0.3) is 0 Å². The lowest BCUT2D eigenvalue weighted by molar-refractivity contribution is 0.102. The molecule has 1 aromatic heterocycles. The Morgan fingerprint density at radius 2 is 1.74 bits per heavy atom. The lowest BCUT2D eigenvalue weighted by atomic mass is 10.2. The number of amides is 1. The molecule has 0 aliphatic heterocycles. The summed E-state index contributed by atoms with van der Waals surface area (Å²) in [6, 6.07) is 10.5. The minimum atomic E-state index is -0.205. The van der Waals surface area contributed by atoms with E-state index in [9.17, 15) is 4.79 Å². The molecule has 0 radical (unpaired) electrons. The highest BCUT2D eigenvalue weighted by Crippen LogP contribution is 2.14. The summed E-state index contributed by atoms with van der Waals surface area (Å²) in [5.74, 6) is -0.205. The monoisotopic (exact) mass is 272 g/mol. The summed E-state index contributed by atoms with van der Waals surface area (Å²) in [5.41, 5.74) is 7.32. The molecule has 1 heterocycles. The zero-order valence-corrected chi connectivity index (χ0v) is 10.8. The molecule has 0 fully saturated rings. The molecule has 0 saturated carbocycles. The lowest BCUT2D eigenvalue weighted by Crippen LogP contribution is -2.18. The van der Waals surface area contributed by atoms with Crippen molar-refractivity contribution in [1.29, 1.82) is 0 Å². The van der Waals surface area contributed by atoms with E-state index in [0.717, 1.165) is 5.69 Å². The number of aromatic nitrogens is 1. The molecule has 96 valence electrons. The van der Waals surface area contributed by atoms with Crippen molar-refractivity contribution in [1.82, 2.24) is 4.98 Å². The topological polar surface area (TPSA) is 80.0 Å². The van der Waals surface area contributed by atoms with Gasteiger partial charge in [-0.2, -0.15) is 0 Å². The van der Waals surface area contributed by atoms with Crippen molar-refractivity contribution in [3.63, 3.8) is 0 Å². The number of anilines is 2. The summed E-state index contributed by atoms with van der Waals surface area (Å²) in [7, 11) is 0. The van der Waals surface area contributed by atoms with E-state index in [0.29, 0.717) is 11.3 Å². The normalized spacial score (nSPS) is 9.68. The van der Waals surface area contributed by atoms with Crippen LogP contribution >= 0.6 is 12.2 Å². The van der Waals surface area contributed by atoms with Crippen LogP contribution in [0.5, 0.6) is 0 Å². The maximum atomic E-state index is 11.9. The average molecular weight is 272 g/mol. The molecule has 0 aliphatic carbocycles. The fraction of sp³-hybridized carbons (Fsp3) is 0. The van der Waals surface area contributed by atoms with E-state index in [2.05, 4.69) is 15.6 Å². The number of hydrogen-bond donors (Lipinski definition) is 3. The van der Waals surface area contributed by atoms with Crippen LogP contribution in [0.1, 0.15) is 10.4 Å². The molecular weight excluding hydrogens is 260 g/mol. The maximum absolute atomic E-state index is 11.9. The molecule has 4 N–H and O–H groups in total. The highest BCUT2D eigenvalue weighted by Gasteiger charge is 2.05. The van der Waals surface area contributed by atoms with Crippen LogP contribution in [0.2, 0.25) is 0 Å². The van der Waals surface area contributed by atoms with Gasteiger partial charge in [-0.25, -0.2) is 0 Å². The molecule has 5 nitrogen and oxygen atoms in total. The van der Waals surface area contributed by atoms with E-state index in [1.807, 2.05) is 0 Å². The molecule has 0 saturated heterocycles. The van der Waals surface area contributed by atoms with Crippen LogP contribution in [-0.2, 0) is 0 Å². The number of rotatable bonds is 3. The van der Waals surface area contributed by atoms with Gasteiger partial charge in [0.1, 0.15) is 0 Å². The van der Waals surface area contributed by atoms with Gasteiger partial charge in [-0.15, -0.1) is 0 Å². The number of hydrogen-bond acceptors (Lipinski definition) is 3. The number of benzene rings is 1. The third kappa shape index (κ3) is 3.75. The van der Waals surface area contributed by atoms with Gasteiger partial charge in [-0.1, -0.05) is 0 Å². The number of carbonyl (C=O) groups excluding carboxylic acids is 1. The second-order valence-electron chi connectivity index (χ2n) is 3.76. The summed E-state index contributed by atoms with van der Waals surface area (Å²) < 4.78 is 0. The van der Waals surface area contributed by atoms with Crippen LogP contribution in [0.3, 0.4) is 0 Å². The van der Waals surface area contributed by atoms with E-state index in [4.69, 9.17) is 18.0 Å². The molecule has 2 rings (SSSR count). The Morgan fingerprint density at radius 1 is 1.11 bits per heavy atom. The molecule has 0 aliphatic rings. The maximum Gasteiger partial charge on any atom is 0.257 e. The number of carbonyl (C=O) groups is 1. The Kier molecular flexibility index (Phi) is 4.04. The first-order valence-electron chi connectivity index (χ1n) is 5.53. The molecule has 1 aromatic carbocycles. The van der Waals surface area contributed by atoms with Crippen LogP contribution in [0.15, 0.2) is 48.8 Å². The van der Waals surface area contributed by atoms with E-state index < -0.39 is 0 Å². The van der Waals surface area contributed by atoms with Crippen LogP contribution in [0.4, 0.5) is 11.4 Å². The number of pyridine rings is 1. The Hall–Kier alpha value is -2.47. The van der Waals surface area contributed by atoms with Crippen LogP contribution in [-0.4, -0.2) is 16.0 Å². The van der Waals surface area contributed by atoms with Gasteiger partial charge in [0.25, 0.3) is 5.91 Å². The van der Waals surface area contributed by atoms with E-state index >= 15 is 0 Å². The Balaban J connectivity index is 2.04. The first kappa shape index (κ1) is 13.0. The largest absolute Gasteiger partial charge is 0.376 e. The van der Waals surface area contributed by atoms with E-state index in [1.165, 1.54) is 6.20 Å². The molecule has 2 aromatic rings. The number of nitrogens with zero attached hydrogens (tertiary/aromatic N) is 1. The van der Waals surface area contributed by atoms with Crippen LogP contribution < -0.4 is 16.4 Å². The predicted molar refractivity (Wildman–Crippen MR) is 79.0 cm³/mol. The minimum Gasteiger partial charge on any atom is -0.376 e. The Labute approximate surface area is 115 Å². The fourth-order valence-electron chi connectivity index (χ4n) is 1.48. The summed E-state index contributed by atoms with van der Waals surface area (Å²) in [4.78, 5) is 15.8. The third-order valence-corrected chi connectivity index (χ3v) is 2.44. The van der Waals surface area contributed by atoms with Gasteiger partial charge in [0.2, 0.25) is 0 Å². The van der Waals surface area contributed by atoms with Crippen molar-refractivity contribution < 1.29 is 4.79 Å². The molecule has 1 amide bonds. The van der Waals surface area contributed by atoms with Gasteiger partial charge in [0.15, 0.2) is 5.11 Å². The summed E-state index contributed by atoms with van der Waals surface area (Å²) in [5, 5.41) is 5.77. The third-order valence-electron chi connectivity index (χ3n) is 2.33. The first-order chi connectivity index (χ1) is 9.15. The second-order valence-corrected chi connectivity index (χ2v) is 4.20. The van der Waals surface area contributed by atoms with Crippen molar-refractivity contribution in [2.24, 2.45) is 5.73 Å². The number of nitrogens with one attached hydrogen (secondary N) is 2. The van der Waals surface area contributed by atoms with Gasteiger partial charge in [-0.05, 0) is 48.6 Å². The lowest BCUT2D eigenvalue weighted by Gasteiger charge is -2.07. The number of thiocarbonyl (C=S) groups is 1. The molecule has 0 unspecified atom stereocenters. The molecule has 0 atom stereocenters. The molecule has 19 heavy (non-hydrogen) atoms. The van der Waals surface area contributed by atoms with Crippen molar-refractivity contribution in [2.45, 2.75) is 0 Å². The molecule has 6 heteroatoms. The molecule has 0 spiro atoms. The van der Waals surface area contributed by atoms with Crippen molar-refractivity contribution in [3.8, 4) is 0 Å². The van der Waals surface area contributed by atoms with E-state index in [1.54, 1.807) is 42.6 Å². The van der Waals surface area contributed by atoms with Crippen LogP contribution in [0, 0.1) is 0 Å². The highest BCUT2D eigenvalue weighted by molar-refractivity contribution is 7.80. The molecule has 0 bridgehead atoms. The summed E-state index contributed by atoms with van der Waals surface area (Å²) >= 11 is 4.73. The zero-order valence-electron chi connectivity index (χ0n) is 9.96. The van der Waals surface area contributed by atoms with Crippen molar-refractivity contribution >= 4 is 34.6 Å². The smallest absolute Gasteiger partial charge is 0.257 e. The van der Waals surface area contributed by atoms with E-state index in [-0.39, 0.29) is 11.0 Å². The Morgan fingerprint density at radius 3 is 2.26 bits per heavy atom. The van der Waals surface area contributed by atoms with Gasteiger partial charge in [0, 0.05) is 23.8 Å². The molecular formula is C13H12N4OS. The average Bonchev–Trinajstić information content (AvgIpc) is 2.41. The summed E-state index contributed by atoms with van der Waals surface area (Å²) in [6.45, 7) is 0. The quantitative estimate of drug-likeness (QED) is 0.745.